The zero-order chi connectivity index (χ0) is 18.9. The molecule has 2 aromatic carbocycles. The summed E-state index contributed by atoms with van der Waals surface area (Å²) in [4.78, 5) is 17.9. The average molecular weight is 363 g/mol. The molecule has 3 aromatic heterocycles. The summed E-state index contributed by atoms with van der Waals surface area (Å²) in [6.07, 6.45) is 5.56. The zero-order valence-electron chi connectivity index (χ0n) is 15.1. The van der Waals surface area contributed by atoms with Gasteiger partial charge < -0.3 is 4.57 Å². The van der Waals surface area contributed by atoms with Gasteiger partial charge in [0.1, 0.15) is 5.69 Å². The van der Waals surface area contributed by atoms with Gasteiger partial charge in [0, 0.05) is 29.8 Å². The van der Waals surface area contributed by atoms with E-state index < -0.39 is 0 Å². The van der Waals surface area contributed by atoms with Crippen LogP contribution in [0.3, 0.4) is 0 Å². The lowest BCUT2D eigenvalue weighted by atomic mass is 10.1. The number of hydrogen-bond donors (Lipinski definition) is 0. The summed E-state index contributed by atoms with van der Waals surface area (Å²) in [5.41, 5.74) is 4.04. The Balaban J connectivity index is 1.83. The monoisotopic (exact) mass is 363 g/mol. The highest BCUT2D eigenvalue weighted by atomic mass is 16.1. The molecule has 4 heteroatoms. The third-order valence-corrected chi connectivity index (χ3v) is 4.85. The number of para-hydroxylation sites is 2. The Labute approximate surface area is 162 Å². The molecule has 0 atom stereocenters. The SMILES string of the molecule is O=c1c(-n2ccc3ccccc32)cc(-c2ccccn2)cn1-c1ccccc1. The predicted molar refractivity (Wildman–Crippen MR) is 112 cm³/mol. The van der Waals surface area contributed by atoms with Gasteiger partial charge in [0.2, 0.25) is 0 Å². The van der Waals surface area contributed by atoms with Crippen LogP contribution in [0.15, 0.2) is 108 Å². The quantitative estimate of drug-likeness (QED) is 0.460. The maximum atomic E-state index is 13.4. The number of hydrogen-bond acceptors (Lipinski definition) is 2. The minimum Gasteiger partial charge on any atom is -0.312 e. The molecule has 3 heterocycles. The van der Waals surface area contributed by atoms with E-state index in [4.69, 9.17) is 0 Å². The Morgan fingerprint density at radius 3 is 2.36 bits per heavy atom. The van der Waals surface area contributed by atoms with E-state index in [-0.39, 0.29) is 5.56 Å². The van der Waals surface area contributed by atoms with Gasteiger partial charge in [-0.1, -0.05) is 42.5 Å². The molecule has 0 N–H and O–H groups in total. The van der Waals surface area contributed by atoms with Crippen LogP contribution in [0.1, 0.15) is 0 Å². The summed E-state index contributed by atoms with van der Waals surface area (Å²) < 4.78 is 3.64. The smallest absolute Gasteiger partial charge is 0.279 e. The normalized spacial score (nSPS) is 11.0. The second-order valence-corrected chi connectivity index (χ2v) is 6.58. The van der Waals surface area contributed by atoms with Crippen molar-refractivity contribution in [2.75, 3.05) is 0 Å². The molecule has 0 saturated carbocycles. The number of benzene rings is 2. The molecular weight excluding hydrogens is 346 g/mol. The molecule has 0 unspecified atom stereocenters. The van der Waals surface area contributed by atoms with Gasteiger partial charge in [-0.25, -0.2) is 0 Å². The lowest BCUT2D eigenvalue weighted by Gasteiger charge is -2.13. The van der Waals surface area contributed by atoms with Crippen LogP contribution in [0, 0.1) is 0 Å². The summed E-state index contributed by atoms with van der Waals surface area (Å²) in [5, 5.41) is 1.09. The van der Waals surface area contributed by atoms with Gasteiger partial charge in [-0.15, -0.1) is 0 Å². The molecule has 5 rings (SSSR count). The van der Waals surface area contributed by atoms with Crippen LogP contribution >= 0.6 is 0 Å². The molecule has 0 aliphatic rings. The number of aromatic nitrogens is 3. The van der Waals surface area contributed by atoms with E-state index in [0.29, 0.717) is 5.69 Å². The highest BCUT2D eigenvalue weighted by Gasteiger charge is 2.13. The fourth-order valence-corrected chi connectivity index (χ4v) is 3.49. The van der Waals surface area contributed by atoms with E-state index in [0.717, 1.165) is 27.8 Å². The van der Waals surface area contributed by atoms with Crippen molar-refractivity contribution in [1.82, 2.24) is 14.1 Å². The van der Waals surface area contributed by atoms with Crippen molar-refractivity contribution < 1.29 is 0 Å². The van der Waals surface area contributed by atoms with Crippen molar-refractivity contribution in [3.8, 4) is 22.6 Å². The lowest BCUT2D eigenvalue weighted by Crippen LogP contribution is -2.22. The van der Waals surface area contributed by atoms with Crippen molar-refractivity contribution in [2.45, 2.75) is 0 Å². The fraction of sp³-hybridized carbons (Fsp3) is 0. The van der Waals surface area contributed by atoms with Crippen LogP contribution in [0.2, 0.25) is 0 Å². The van der Waals surface area contributed by atoms with Gasteiger partial charge in [-0.05, 0) is 47.9 Å². The highest BCUT2D eigenvalue weighted by molar-refractivity contribution is 5.82. The van der Waals surface area contributed by atoms with Crippen molar-refractivity contribution in [3.05, 3.63) is 114 Å². The number of pyridine rings is 2. The first kappa shape index (κ1) is 16.3. The van der Waals surface area contributed by atoms with Gasteiger partial charge in [0.05, 0.1) is 11.2 Å². The van der Waals surface area contributed by atoms with Crippen molar-refractivity contribution in [2.24, 2.45) is 0 Å². The molecule has 0 amide bonds. The maximum Gasteiger partial charge on any atom is 0.279 e. The van der Waals surface area contributed by atoms with Gasteiger partial charge in [-0.2, -0.15) is 0 Å². The summed E-state index contributed by atoms with van der Waals surface area (Å²) in [6, 6.07) is 27.4. The van der Waals surface area contributed by atoms with Crippen LogP contribution in [-0.2, 0) is 0 Å². The first-order valence-electron chi connectivity index (χ1n) is 9.11. The van der Waals surface area contributed by atoms with Crippen molar-refractivity contribution in [3.63, 3.8) is 0 Å². The number of rotatable bonds is 3. The van der Waals surface area contributed by atoms with Gasteiger partial charge in [0.15, 0.2) is 0 Å². The maximum absolute atomic E-state index is 13.4. The molecule has 0 aliphatic heterocycles. The minimum atomic E-state index is -0.0766. The molecular formula is C24H17N3O. The first-order valence-corrected chi connectivity index (χ1v) is 9.11. The number of fused-ring (bicyclic) bond motifs is 1. The van der Waals surface area contributed by atoms with E-state index in [9.17, 15) is 4.79 Å². The van der Waals surface area contributed by atoms with E-state index in [1.807, 2.05) is 102 Å². The van der Waals surface area contributed by atoms with Crippen molar-refractivity contribution >= 4 is 10.9 Å². The van der Waals surface area contributed by atoms with E-state index in [1.54, 1.807) is 10.8 Å². The van der Waals surface area contributed by atoms with E-state index in [2.05, 4.69) is 4.98 Å². The third-order valence-electron chi connectivity index (χ3n) is 4.85. The Kier molecular flexibility index (Phi) is 3.87. The molecule has 0 bridgehead atoms. The Bertz CT molecular complexity index is 1320. The third kappa shape index (κ3) is 2.72. The molecule has 0 aliphatic carbocycles. The van der Waals surface area contributed by atoms with Gasteiger partial charge in [0.25, 0.3) is 5.56 Å². The van der Waals surface area contributed by atoms with E-state index >= 15 is 0 Å². The molecule has 28 heavy (non-hydrogen) atoms. The summed E-state index contributed by atoms with van der Waals surface area (Å²) in [7, 11) is 0. The highest BCUT2D eigenvalue weighted by Crippen LogP contribution is 2.23. The zero-order valence-corrected chi connectivity index (χ0v) is 15.1. The standard InChI is InChI=1S/C24H17N3O/c28-24-23(26-15-13-18-8-4-5-12-22(18)26)16-19(21-11-6-7-14-25-21)17-27(24)20-9-2-1-3-10-20/h1-17H. The van der Waals surface area contributed by atoms with Crippen LogP contribution in [-0.4, -0.2) is 14.1 Å². The van der Waals surface area contributed by atoms with Crippen LogP contribution in [0.5, 0.6) is 0 Å². The molecule has 134 valence electrons. The number of nitrogens with zero attached hydrogens (tertiary/aromatic N) is 3. The van der Waals surface area contributed by atoms with E-state index in [1.165, 1.54) is 0 Å². The van der Waals surface area contributed by atoms with Crippen molar-refractivity contribution in [1.29, 1.82) is 0 Å². The Morgan fingerprint density at radius 2 is 1.54 bits per heavy atom. The second-order valence-electron chi connectivity index (χ2n) is 6.58. The van der Waals surface area contributed by atoms with Gasteiger partial charge in [-0.3, -0.25) is 14.3 Å². The lowest BCUT2D eigenvalue weighted by molar-refractivity contribution is 0.949. The summed E-state index contributed by atoms with van der Waals surface area (Å²) in [5.74, 6) is 0. The predicted octanol–water partition coefficient (Wildman–Crippen LogP) is 4.84. The minimum absolute atomic E-state index is 0.0766. The Hall–Kier alpha value is -3.92. The molecule has 4 nitrogen and oxygen atoms in total. The molecule has 0 spiro atoms. The summed E-state index contributed by atoms with van der Waals surface area (Å²) >= 11 is 0. The van der Waals surface area contributed by atoms with Crippen LogP contribution < -0.4 is 5.56 Å². The molecule has 0 fully saturated rings. The Morgan fingerprint density at radius 1 is 0.750 bits per heavy atom. The second kappa shape index (κ2) is 6.67. The molecule has 5 aromatic rings. The largest absolute Gasteiger partial charge is 0.312 e. The topological polar surface area (TPSA) is 39.8 Å². The van der Waals surface area contributed by atoms with Gasteiger partial charge >= 0.3 is 0 Å². The fourth-order valence-electron chi connectivity index (χ4n) is 3.49. The van der Waals surface area contributed by atoms with Crippen LogP contribution in [0.4, 0.5) is 0 Å². The first-order chi connectivity index (χ1) is 13.8. The van der Waals surface area contributed by atoms with Crippen LogP contribution in [0.25, 0.3) is 33.5 Å². The molecule has 0 radical (unpaired) electrons. The molecule has 0 saturated heterocycles. The average Bonchev–Trinajstić information content (AvgIpc) is 3.19. The summed E-state index contributed by atoms with van der Waals surface area (Å²) in [6.45, 7) is 0.